The minimum absolute atomic E-state index is 0.353. The summed E-state index contributed by atoms with van der Waals surface area (Å²) in [6, 6.07) is 2.07. The Morgan fingerprint density at radius 2 is 2.17 bits per heavy atom. The van der Waals surface area contributed by atoms with Crippen LogP contribution >= 0.6 is 0 Å². The summed E-state index contributed by atoms with van der Waals surface area (Å²) in [6.07, 6.45) is 11.0. The number of H-pyrrole nitrogens is 1. The maximum Gasteiger partial charge on any atom is 0.468 e. The standard InChI is InChI=1S/C22H29BN4O2/c1-2-7-27-23(29)17-12-25-21-16(4-6-24-21)19(17)20(26-27)18-14-3-5-22(28,11-14)10-13-8-15(18)9-13/h4,6,12-15,18,28-29H,2-3,5,7-11H2,1H3,(H,24,25)/t13?,14-,15?,18+,22+/m0/s1. The molecule has 2 aromatic heterocycles. The Morgan fingerprint density at radius 1 is 1.31 bits per heavy atom. The van der Waals surface area contributed by atoms with E-state index in [1.54, 1.807) is 0 Å². The lowest BCUT2D eigenvalue weighted by Crippen LogP contribution is -2.55. The molecule has 4 bridgehead atoms. The zero-order chi connectivity index (χ0) is 19.8. The first-order chi connectivity index (χ1) is 14.1. The van der Waals surface area contributed by atoms with E-state index in [2.05, 4.69) is 23.0 Å². The van der Waals surface area contributed by atoms with Gasteiger partial charge in [0.2, 0.25) is 0 Å². The van der Waals surface area contributed by atoms with Crippen LogP contribution in [0.3, 0.4) is 0 Å². The van der Waals surface area contributed by atoms with Gasteiger partial charge in [-0.2, -0.15) is 5.10 Å². The van der Waals surface area contributed by atoms with E-state index in [1.165, 1.54) is 12.8 Å². The quantitative estimate of drug-likeness (QED) is 0.700. The van der Waals surface area contributed by atoms with Crippen molar-refractivity contribution in [1.82, 2.24) is 14.9 Å². The summed E-state index contributed by atoms with van der Waals surface area (Å²) in [5, 5.41) is 28.4. The molecule has 0 unspecified atom stereocenters. The van der Waals surface area contributed by atoms with Crippen molar-refractivity contribution in [3.8, 4) is 0 Å². The van der Waals surface area contributed by atoms with Crippen molar-refractivity contribution in [3.05, 3.63) is 24.0 Å². The second kappa shape index (κ2) is 6.32. The topological polar surface area (TPSA) is 84.7 Å². The maximum absolute atomic E-state index is 11.1. The molecule has 0 saturated heterocycles. The minimum Gasteiger partial charge on any atom is -0.428 e. The highest BCUT2D eigenvalue weighted by atomic mass is 16.3. The lowest BCUT2D eigenvalue weighted by molar-refractivity contribution is -0.0315. The maximum atomic E-state index is 11.1. The molecule has 4 fully saturated rings. The predicted octanol–water partition coefficient (Wildman–Crippen LogP) is 2.26. The summed E-state index contributed by atoms with van der Waals surface area (Å²) in [4.78, 5) is 9.64. The number of rotatable bonds is 3. The first kappa shape index (κ1) is 18.0. The van der Waals surface area contributed by atoms with Crippen LogP contribution in [0.5, 0.6) is 0 Å². The van der Waals surface area contributed by atoms with Gasteiger partial charge in [0, 0.05) is 41.3 Å². The number of pyridine rings is 1. The largest absolute Gasteiger partial charge is 0.468 e. The van der Waals surface area contributed by atoms with Gasteiger partial charge in [0.1, 0.15) is 5.65 Å². The van der Waals surface area contributed by atoms with E-state index in [0.717, 1.165) is 66.4 Å². The Hall–Kier alpha value is -1.86. The molecule has 0 spiro atoms. The van der Waals surface area contributed by atoms with Gasteiger partial charge in [0.15, 0.2) is 0 Å². The zero-order valence-electron chi connectivity index (χ0n) is 17.0. The lowest BCUT2D eigenvalue weighted by atomic mass is 9.57. The van der Waals surface area contributed by atoms with Crippen LogP contribution in [0.4, 0.5) is 0 Å². The molecular formula is C22H29BN4O2. The summed E-state index contributed by atoms with van der Waals surface area (Å²) < 4.78 is 0. The lowest BCUT2D eigenvalue weighted by Gasteiger charge is -2.48. The highest BCUT2D eigenvalue weighted by Gasteiger charge is 2.53. The van der Waals surface area contributed by atoms with E-state index in [4.69, 9.17) is 5.10 Å². The Morgan fingerprint density at radius 3 is 3.00 bits per heavy atom. The average Bonchev–Trinajstić information content (AvgIpc) is 3.29. The van der Waals surface area contributed by atoms with Gasteiger partial charge in [-0.15, -0.1) is 0 Å². The Kier molecular flexibility index (Phi) is 3.91. The number of hydrazone groups is 1. The molecule has 3 N–H and O–H groups in total. The number of aromatic amines is 1. The van der Waals surface area contributed by atoms with Gasteiger partial charge >= 0.3 is 7.05 Å². The van der Waals surface area contributed by atoms with Crippen LogP contribution in [0.2, 0.25) is 0 Å². The molecule has 7 heteroatoms. The van der Waals surface area contributed by atoms with Crippen molar-refractivity contribution in [1.29, 1.82) is 0 Å². The Bertz CT molecular complexity index is 984. The normalized spacial score (nSPS) is 35.8. The van der Waals surface area contributed by atoms with Gasteiger partial charge in [-0.1, -0.05) is 6.92 Å². The summed E-state index contributed by atoms with van der Waals surface area (Å²) in [7, 11) is -0.747. The van der Waals surface area contributed by atoms with E-state index < -0.39 is 12.7 Å². The third-order valence-electron chi connectivity index (χ3n) is 8.02. The highest BCUT2D eigenvalue weighted by Crippen LogP contribution is 2.56. The van der Waals surface area contributed by atoms with Crippen molar-refractivity contribution < 1.29 is 10.1 Å². The fraction of sp³-hybridized carbons (Fsp3) is 0.636. The number of aromatic nitrogens is 2. The second-order valence-corrected chi connectivity index (χ2v) is 9.91. The van der Waals surface area contributed by atoms with Crippen molar-refractivity contribution in [3.63, 3.8) is 0 Å². The van der Waals surface area contributed by atoms with Crippen molar-refractivity contribution in [2.45, 2.75) is 57.5 Å². The first-order valence-corrected chi connectivity index (χ1v) is 11.3. The number of hydrogen-bond acceptors (Lipinski definition) is 5. The van der Waals surface area contributed by atoms with Crippen molar-refractivity contribution in [2.75, 3.05) is 6.54 Å². The third-order valence-corrected chi connectivity index (χ3v) is 8.02. The van der Waals surface area contributed by atoms with E-state index >= 15 is 0 Å². The molecule has 152 valence electrons. The molecule has 3 heterocycles. The van der Waals surface area contributed by atoms with Crippen LogP contribution in [0.25, 0.3) is 11.0 Å². The third kappa shape index (κ3) is 2.63. The van der Waals surface area contributed by atoms with Crippen LogP contribution in [-0.2, 0) is 0 Å². The number of nitrogens with zero attached hydrogens (tertiary/aromatic N) is 3. The number of nitrogens with one attached hydrogen (secondary N) is 1. The van der Waals surface area contributed by atoms with Crippen molar-refractivity contribution in [2.24, 2.45) is 28.8 Å². The molecule has 0 radical (unpaired) electrons. The second-order valence-electron chi connectivity index (χ2n) is 9.91. The van der Waals surface area contributed by atoms with E-state index in [1.807, 2.05) is 17.3 Å². The van der Waals surface area contributed by atoms with Gasteiger partial charge < -0.3 is 20.0 Å². The minimum atomic E-state index is -0.747. The summed E-state index contributed by atoms with van der Waals surface area (Å²) in [5.41, 5.74) is 3.47. The molecule has 1 aliphatic heterocycles. The van der Waals surface area contributed by atoms with Crippen LogP contribution in [-0.4, -0.2) is 49.9 Å². The van der Waals surface area contributed by atoms with E-state index in [0.29, 0.717) is 23.7 Å². The molecule has 0 amide bonds. The van der Waals surface area contributed by atoms with Gasteiger partial charge in [0.05, 0.1) is 11.3 Å². The molecule has 4 aliphatic carbocycles. The summed E-state index contributed by atoms with van der Waals surface area (Å²) in [5.74, 6) is 2.13. The number of aliphatic hydroxyl groups is 1. The first-order valence-electron chi connectivity index (χ1n) is 11.3. The smallest absolute Gasteiger partial charge is 0.428 e. The summed E-state index contributed by atoms with van der Waals surface area (Å²) in [6.45, 7) is 2.85. The predicted molar refractivity (Wildman–Crippen MR) is 114 cm³/mol. The fourth-order valence-corrected chi connectivity index (χ4v) is 6.80. The molecule has 29 heavy (non-hydrogen) atoms. The molecule has 5 aliphatic rings. The van der Waals surface area contributed by atoms with Crippen LogP contribution in [0, 0.1) is 23.7 Å². The molecule has 3 atom stereocenters. The Balaban J connectivity index is 1.52. The number of fused-ring (bicyclic) bond motifs is 3. The van der Waals surface area contributed by atoms with E-state index in [9.17, 15) is 10.1 Å². The van der Waals surface area contributed by atoms with E-state index in [-0.39, 0.29) is 0 Å². The fourth-order valence-electron chi connectivity index (χ4n) is 6.80. The molecule has 7 rings (SSSR count). The van der Waals surface area contributed by atoms with Gasteiger partial charge in [-0.25, -0.2) is 4.98 Å². The molecule has 2 aromatic rings. The zero-order valence-corrected chi connectivity index (χ0v) is 17.0. The van der Waals surface area contributed by atoms with Crippen LogP contribution in [0.15, 0.2) is 23.6 Å². The van der Waals surface area contributed by atoms with Crippen LogP contribution in [0.1, 0.15) is 57.4 Å². The highest BCUT2D eigenvalue weighted by molar-refractivity contribution is 6.66. The van der Waals surface area contributed by atoms with Crippen molar-refractivity contribution >= 4 is 29.3 Å². The Labute approximate surface area is 171 Å². The average molecular weight is 392 g/mol. The van der Waals surface area contributed by atoms with Gasteiger partial charge in [0.25, 0.3) is 0 Å². The molecule has 0 aromatic carbocycles. The van der Waals surface area contributed by atoms with Crippen LogP contribution < -0.4 is 5.46 Å². The molecule has 4 saturated carbocycles. The van der Waals surface area contributed by atoms with Gasteiger partial charge in [-0.3, -0.25) is 0 Å². The molecular weight excluding hydrogens is 363 g/mol. The SMILES string of the molecule is CCCN1N=C([C@H]2C3CC(C3)C[C@]3(O)CC[C@H]2C3)c2c(cnc3[nH]ccc23)B1O. The number of hydrogen-bond donors (Lipinski definition) is 3. The summed E-state index contributed by atoms with van der Waals surface area (Å²) >= 11 is 0. The molecule has 6 nitrogen and oxygen atoms in total. The monoisotopic (exact) mass is 392 g/mol. The van der Waals surface area contributed by atoms with Gasteiger partial charge in [-0.05, 0) is 68.8 Å².